The van der Waals surface area contributed by atoms with Crippen LogP contribution in [0.15, 0.2) is 73.4 Å². The molecule has 124 valence electrons. The summed E-state index contributed by atoms with van der Waals surface area (Å²) < 4.78 is 2.03. The zero-order chi connectivity index (χ0) is 17.1. The first kappa shape index (κ1) is 15.5. The van der Waals surface area contributed by atoms with Gasteiger partial charge < -0.3 is 0 Å². The van der Waals surface area contributed by atoms with E-state index >= 15 is 0 Å². The van der Waals surface area contributed by atoms with Gasteiger partial charge in [0, 0.05) is 55.2 Å². The maximum Gasteiger partial charge on any atom is 0.233 e. The Labute approximate surface area is 146 Å². The van der Waals surface area contributed by atoms with E-state index in [0.29, 0.717) is 5.95 Å². The second kappa shape index (κ2) is 6.83. The Morgan fingerprint density at radius 1 is 0.920 bits per heavy atom. The summed E-state index contributed by atoms with van der Waals surface area (Å²) in [6.45, 7) is 1.68. The lowest BCUT2D eigenvalue weighted by Crippen LogP contribution is -2.19. The molecular weight excluding hydrogens is 310 g/mol. The number of aromatic nitrogens is 4. The van der Waals surface area contributed by atoms with Crippen molar-refractivity contribution >= 4 is 10.8 Å². The molecule has 3 aromatic heterocycles. The molecule has 0 saturated heterocycles. The molecule has 25 heavy (non-hydrogen) atoms. The van der Waals surface area contributed by atoms with Crippen LogP contribution in [-0.2, 0) is 13.1 Å². The molecule has 0 saturated carbocycles. The van der Waals surface area contributed by atoms with E-state index in [1.165, 1.54) is 16.3 Å². The normalized spacial score (nSPS) is 11.3. The fourth-order valence-corrected chi connectivity index (χ4v) is 3.11. The number of benzene rings is 1. The van der Waals surface area contributed by atoms with Crippen molar-refractivity contribution in [2.75, 3.05) is 7.05 Å². The van der Waals surface area contributed by atoms with E-state index < -0.39 is 0 Å². The van der Waals surface area contributed by atoms with Gasteiger partial charge in [-0.3, -0.25) is 14.5 Å². The SMILES string of the molecule is CN(Cc1cccc2cnccc12)Cc1cccn1-c1ncccn1. The van der Waals surface area contributed by atoms with E-state index in [2.05, 4.69) is 57.2 Å². The number of nitrogens with zero attached hydrogens (tertiary/aromatic N) is 5. The minimum atomic E-state index is 0.701. The molecule has 0 fully saturated rings. The first-order valence-corrected chi connectivity index (χ1v) is 8.25. The first-order chi connectivity index (χ1) is 12.3. The maximum atomic E-state index is 4.34. The molecule has 0 aliphatic rings. The molecule has 4 rings (SSSR count). The average Bonchev–Trinajstić information content (AvgIpc) is 3.11. The Morgan fingerprint density at radius 3 is 2.68 bits per heavy atom. The van der Waals surface area contributed by atoms with Crippen molar-refractivity contribution in [2.24, 2.45) is 0 Å². The lowest BCUT2D eigenvalue weighted by Gasteiger charge is -2.19. The van der Waals surface area contributed by atoms with Crippen LogP contribution in [0.4, 0.5) is 0 Å². The molecule has 0 aliphatic carbocycles. The fourth-order valence-electron chi connectivity index (χ4n) is 3.11. The Bertz CT molecular complexity index is 972. The van der Waals surface area contributed by atoms with Gasteiger partial charge in [-0.05, 0) is 42.3 Å². The summed E-state index contributed by atoms with van der Waals surface area (Å²) in [5.74, 6) is 0.701. The van der Waals surface area contributed by atoms with Gasteiger partial charge in [-0.1, -0.05) is 18.2 Å². The third-order valence-corrected chi connectivity index (χ3v) is 4.24. The molecule has 3 heterocycles. The molecule has 0 spiro atoms. The molecule has 0 atom stereocenters. The standard InChI is InChI=1S/C20H19N5/c1-24(14-17-6-2-5-16-13-21-11-8-19(16)17)15-18-7-3-12-25(18)20-22-9-4-10-23-20/h2-13H,14-15H2,1H3. The molecule has 0 N–H and O–H groups in total. The van der Waals surface area contributed by atoms with Gasteiger partial charge >= 0.3 is 0 Å². The van der Waals surface area contributed by atoms with E-state index in [1.807, 2.05) is 35.3 Å². The highest BCUT2D eigenvalue weighted by atomic mass is 15.2. The monoisotopic (exact) mass is 329 g/mol. The smallest absolute Gasteiger partial charge is 0.233 e. The minimum absolute atomic E-state index is 0.701. The molecule has 1 aromatic carbocycles. The van der Waals surface area contributed by atoms with Crippen LogP contribution < -0.4 is 0 Å². The second-order valence-electron chi connectivity index (χ2n) is 6.10. The number of hydrogen-bond acceptors (Lipinski definition) is 4. The number of pyridine rings is 1. The van der Waals surface area contributed by atoms with E-state index in [1.54, 1.807) is 12.4 Å². The molecule has 0 aliphatic heterocycles. The van der Waals surface area contributed by atoms with Crippen molar-refractivity contribution < 1.29 is 0 Å². The van der Waals surface area contributed by atoms with Gasteiger partial charge in [0.15, 0.2) is 0 Å². The molecular formula is C20H19N5. The summed E-state index contributed by atoms with van der Waals surface area (Å²) in [5.41, 5.74) is 2.46. The fraction of sp³-hybridized carbons (Fsp3) is 0.150. The van der Waals surface area contributed by atoms with E-state index in [-0.39, 0.29) is 0 Å². The van der Waals surface area contributed by atoms with Crippen LogP contribution in [0.3, 0.4) is 0 Å². The summed E-state index contributed by atoms with van der Waals surface area (Å²) >= 11 is 0. The quantitative estimate of drug-likeness (QED) is 0.563. The summed E-state index contributed by atoms with van der Waals surface area (Å²) in [4.78, 5) is 15.2. The van der Waals surface area contributed by atoms with Gasteiger partial charge in [-0.25, -0.2) is 9.97 Å². The van der Waals surface area contributed by atoms with Crippen LogP contribution in [0.5, 0.6) is 0 Å². The highest BCUT2D eigenvalue weighted by Gasteiger charge is 2.10. The summed E-state index contributed by atoms with van der Waals surface area (Å²) in [5, 5.41) is 2.43. The Hall–Kier alpha value is -3.05. The number of fused-ring (bicyclic) bond motifs is 1. The average molecular weight is 329 g/mol. The Balaban J connectivity index is 1.55. The van der Waals surface area contributed by atoms with Crippen molar-refractivity contribution in [2.45, 2.75) is 13.1 Å². The Morgan fingerprint density at radius 2 is 1.80 bits per heavy atom. The van der Waals surface area contributed by atoms with Gasteiger partial charge in [0.05, 0.1) is 0 Å². The van der Waals surface area contributed by atoms with Gasteiger partial charge in [-0.2, -0.15) is 0 Å². The molecule has 5 heteroatoms. The number of hydrogen-bond donors (Lipinski definition) is 0. The largest absolute Gasteiger partial charge is 0.296 e. The number of rotatable bonds is 5. The lowest BCUT2D eigenvalue weighted by molar-refractivity contribution is 0.314. The highest BCUT2D eigenvalue weighted by molar-refractivity contribution is 5.84. The zero-order valence-electron chi connectivity index (χ0n) is 14.1. The lowest BCUT2D eigenvalue weighted by atomic mass is 10.1. The molecule has 0 unspecified atom stereocenters. The van der Waals surface area contributed by atoms with Crippen molar-refractivity contribution in [1.82, 2.24) is 24.4 Å². The van der Waals surface area contributed by atoms with Gasteiger partial charge in [0.25, 0.3) is 0 Å². The van der Waals surface area contributed by atoms with Gasteiger partial charge in [0.1, 0.15) is 0 Å². The molecule has 0 amide bonds. The van der Waals surface area contributed by atoms with Gasteiger partial charge in [0.2, 0.25) is 5.95 Å². The predicted octanol–water partition coefficient (Wildman–Crippen LogP) is 3.45. The van der Waals surface area contributed by atoms with Crippen LogP contribution in [0.25, 0.3) is 16.7 Å². The minimum Gasteiger partial charge on any atom is -0.296 e. The zero-order valence-corrected chi connectivity index (χ0v) is 14.1. The van der Waals surface area contributed by atoms with Gasteiger partial charge in [-0.15, -0.1) is 0 Å². The third kappa shape index (κ3) is 3.27. The van der Waals surface area contributed by atoms with Crippen molar-refractivity contribution in [1.29, 1.82) is 0 Å². The molecule has 0 bridgehead atoms. The van der Waals surface area contributed by atoms with E-state index in [0.717, 1.165) is 18.8 Å². The molecule has 0 radical (unpaired) electrons. The summed E-state index contributed by atoms with van der Waals surface area (Å²) in [7, 11) is 2.13. The van der Waals surface area contributed by atoms with Crippen LogP contribution in [0.1, 0.15) is 11.3 Å². The highest BCUT2D eigenvalue weighted by Crippen LogP contribution is 2.20. The topological polar surface area (TPSA) is 46.8 Å². The molecule has 4 aromatic rings. The second-order valence-corrected chi connectivity index (χ2v) is 6.10. The van der Waals surface area contributed by atoms with Crippen molar-refractivity contribution in [3.63, 3.8) is 0 Å². The molecule has 5 nitrogen and oxygen atoms in total. The van der Waals surface area contributed by atoms with Crippen LogP contribution >= 0.6 is 0 Å². The van der Waals surface area contributed by atoms with E-state index in [4.69, 9.17) is 0 Å². The predicted molar refractivity (Wildman–Crippen MR) is 98.3 cm³/mol. The third-order valence-electron chi connectivity index (χ3n) is 4.24. The van der Waals surface area contributed by atoms with Crippen molar-refractivity contribution in [3.05, 3.63) is 84.7 Å². The van der Waals surface area contributed by atoms with Crippen LogP contribution in [0, 0.1) is 0 Å². The van der Waals surface area contributed by atoms with Crippen LogP contribution in [-0.4, -0.2) is 31.5 Å². The van der Waals surface area contributed by atoms with Crippen molar-refractivity contribution in [3.8, 4) is 5.95 Å². The summed E-state index contributed by atoms with van der Waals surface area (Å²) in [6.07, 6.45) is 9.29. The van der Waals surface area contributed by atoms with E-state index in [9.17, 15) is 0 Å². The van der Waals surface area contributed by atoms with Crippen LogP contribution in [0.2, 0.25) is 0 Å². The maximum absolute atomic E-state index is 4.34. The Kier molecular flexibility index (Phi) is 4.23. The summed E-state index contributed by atoms with van der Waals surface area (Å²) in [6, 6.07) is 14.4. The first-order valence-electron chi connectivity index (χ1n) is 8.25.